The third kappa shape index (κ3) is 4.80. The van der Waals surface area contributed by atoms with Gasteiger partial charge in [-0.2, -0.15) is 0 Å². The van der Waals surface area contributed by atoms with E-state index in [4.69, 9.17) is 16.3 Å². The molecule has 0 aromatic heterocycles. The predicted molar refractivity (Wildman–Crippen MR) is 84.6 cm³/mol. The Morgan fingerprint density at radius 3 is 2.43 bits per heavy atom. The molecule has 0 aliphatic carbocycles. The lowest BCUT2D eigenvalue weighted by atomic mass is 10.0. The highest BCUT2D eigenvalue weighted by Gasteiger charge is 2.12. The maximum atomic E-state index is 12.0. The Kier molecular flexibility index (Phi) is 5.64. The van der Waals surface area contributed by atoms with Crippen LogP contribution in [0, 0.1) is 0 Å². The molecular weight excluding hydrogens is 286 g/mol. The van der Waals surface area contributed by atoms with E-state index in [1.807, 2.05) is 37.3 Å². The molecule has 0 fully saturated rings. The predicted octanol–water partition coefficient (Wildman–Crippen LogP) is 3.99. The van der Waals surface area contributed by atoms with Crippen LogP contribution in [0.1, 0.15) is 24.9 Å². The lowest BCUT2D eigenvalue weighted by Crippen LogP contribution is -2.32. The summed E-state index contributed by atoms with van der Waals surface area (Å²) >= 11 is 5.80. The first kappa shape index (κ1) is 15.4. The first-order valence-corrected chi connectivity index (χ1v) is 7.29. The number of rotatable bonds is 6. The summed E-state index contributed by atoms with van der Waals surface area (Å²) in [7, 11) is 0. The summed E-state index contributed by atoms with van der Waals surface area (Å²) in [5.41, 5.74) is 1.10. The Bertz CT molecular complexity index is 569. The molecule has 110 valence electrons. The van der Waals surface area contributed by atoms with Gasteiger partial charge in [-0.3, -0.25) is 4.79 Å². The lowest BCUT2D eigenvalue weighted by molar-refractivity contribution is -0.123. The van der Waals surface area contributed by atoms with Crippen molar-refractivity contribution in [3.8, 4) is 5.75 Å². The highest BCUT2D eigenvalue weighted by atomic mass is 35.5. The molecule has 2 aromatic rings. The van der Waals surface area contributed by atoms with Crippen LogP contribution in [0.2, 0.25) is 5.02 Å². The maximum absolute atomic E-state index is 12.0. The van der Waals surface area contributed by atoms with Gasteiger partial charge in [0.25, 0.3) is 5.91 Å². The second-order valence-corrected chi connectivity index (χ2v) is 5.12. The van der Waals surface area contributed by atoms with Crippen LogP contribution in [-0.2, 0) is 4.79 Å². The van der Waals surface area contributed by atoms with Gasteiger partial charge in [-0.15, -0.1) is 0 Å². The molecular formula is C17H18ClNO2. The van der Waals surface area contributed by atoms with Gasteiger partial charge in [0.2, 0.25) is 0 Å². The molecule has 0 saturated carbocycles. The van der Waals surface area contributed by atoms with Crippen molar-refractivity contribution in [2.75, 3.05) is 6.61 Å². The fourth-order valence-corrected chi connectivity index (χ4v) is 2.15. The summed E-state index contributed by atoms with van der Waals surface area (Å²) < 4.78 is 5.43. The van der Waals surface area contributed by atoms with E-state index in [0.717, 1.165) is 12.0 Å². The Hall–Kier alpha value is -2.00. The summed E-state index contributed by atoms with van der Waals surface area (Å²) in [5.74, 6) is 0.489. The summed E-state index contributed by atoms with van der Waals surface area (Å²) in [6.45, 7) is 2.03. The standard InChI is InChI=1S/C17H18ClNO2/c1-2-16(13-6-4-3-5-7-13)19-17(20)12-21-15-10-8-14(18)9-11-15/h3-11,16H,2,12H2,1H3,(H,19,20)/t16-/m0/s1. The second-order valence-electron chi connectivity index (χ2n) is 4.68. The van der Waals surface area contributed by atoms with Crippen molar-refractivity contribution in [3.05, 3.63) is 65.2 Å². The number of halogens is 1. The van der Waals surface area contributed by atoms with Crippen LogP contribution < -0.4 is 10.1 Å². The monoisotopic (exact) mass is 303 g/mol. The number of hydrogen-bond donors (Lipinski definition) is 1. The highest BCUT2D eigenvalue weighted by Crippen LogP contribution is 2.17. The number of carbonyl (C=O) groups excluding carboxylic acids is 1. The van der Waals surface area contributed by atoms with Crippen molar-refractivity contribution >= 4 is 17.5 Å². The largest absolute Gasteiger partial charge is 0.484 e. The van der Waals surface area contributed by atoms with Crippen LogP contribution in [0.15, 0.2) is 54.6 Å². The number of ether oxygens (including phenoxy) is 1. The molecule has 0 saturated heterocycles. The molecule has 1 N–H and O–H groups in total. The molecule has 1 amide bonds. The number of benzene rings is 2. The van der Waals surface area contributed by atoms with Gasteiger partial charge in [0.05, 0.1) is 6.04 Å². The van der Waals surface area contributed by atoms with E-state index in [2.05, 4.69) is 5.32 Å². The Labute approximate surface area is 129 Å². The summed E-state index contributed by atoms with van der Waals surface area (Å²) in [5, 5.41) is 3.62. The minimum Gasteiger partial charge on any atom is -0.484 e. The Morgan fingerprint density at radius 2 is 1.81 bits per heavy atom. The molecule has 0 aliphatic rings. The van der Waals surface area contributed by atoms with E-state index in [0.29, 0.717) is 10.8 Å². The van der Waals surface area contributed by atoms with Crippen LogP contribution in [0.4, 0.5) is 0 Å². The van der Waals surface area contributed by atoms with Gasteiger partial charge < -0.3 is 10.1 Å². The second kappa shape index (κ2) is 7.70. The fourth-order valence-electron chi connectivity index (χ4n) is 2.02. The van der Waals surface area contributed by atoms with Crippen LogP contribution in [0.5, 0.6) is 5.75 Å². The summed E-state index contributed by atoms with van der Waals surface area (Å²) in [6, 6.07) is 16.9. The number of carbonyl (C=O) groups is 1. The smallest absolute Gasteiger partial charge is 0.258 e. The van der Waals surface area contributed by atoms with E-state index >= 15 is 0 Å². The van der Waals surface area contributed by atoms with E-state index in [9.17, 15) is 4.79 Å². The van der Waals surface area contributed by atoms with E-state index in [-0.39, 0.29) is 18.6 Å². The van der Waals surface area contributed by atoms with Crippen molar-refractivity contribution in [3.63, 3.8) is 0 Å². The van der Waals surface area contributed by atoms with Crippen molar-refractivity contribution in [2.45, 2.75) is 19.4 Å². The average molecular weight is 304 g/mol. The number of nitrogens with one attached hydrogen (secondary N) is 1. The van der Waals surface area contributed by atoms with Gasteiger partial charge in [0.1, 0.15) is 5.75 Å². The van der Waals surface area contributed by atoms with Gasteiger partial charge in [-0.05, 0) is 36.2 Å². The number of hydrogen-bond acceptors (Lipinski definition) is 2. The van der Waals surface area contributed by atoms with Crippen LogP contribution in [0.25, 0.3) is 0 Å². The zero-order valence-electron chi connectivity index (χ0n) is 11.9. The Balaban J connectivity index is 1.87. The van der Waals surface area contributed by atoms with Crippen LogP contribution in [0.3, 0.4) is 0 Å². The van der Waals surface area contributed by atoms with Gasteiger partial charge in [0.15, 0.2) is 6.61 Å². The van der Waals surface area contributed by atoms with Crippen molar-refractivity contribution in [1.29, 1.82) is 0 Å². The quantitative estimate of drug-likeness (QED) is 0.876. The van der Waals surface area contributed by atoms with Crippen molar-refractivity contribution in [1.82, 2.24) is 5.32 Å². The number of amides is 1. The minimum atomic E-state index is -0.138. The average Bonchev–Trinajstić information content (AvgIpc) is 2.53. The Morgan fingerprint density at radius 1 is 1.14 bits per heavy atom. The maximum Gasteiger partial charge on any atom is 0.258 e. The highest BCUT2D eigenvalue weighted by molar-refractivity contribution is 6.30. The molecule has 3 nitrogen and oxygen atoms in total. The van der Waals surface area contributed by atoms with E-state index in [1.165, 1.54) is 0 Å². The molecule has 21 heavy (non-hydrogen) atoms. The van der Waals surface area contributed by atoms with E-state index < -0.39 is 0 Å². The van der Waals surface area contributed by atoms with Gasteiger partial charge >= 0.3 is 0 Å². The van der Waals surface area contributed by atoms with Crippen molar-refractivity contribution < 1.29 is 9.53 Å². The molecule has 2 aromatic carbocycles. The zero-order valence-corrected chi connectivity index (χ0v) is 12.6. The molecule has 0 unspecified atom stereocenters. The third-order valence-corrected chi connectivity index (χ3v) is 3.38. The molecule has 1 atom stereocenters. The molecule has 0 aliphatic heterocycles. The molecule has 2 rings (SSSR count). The zero-order chi connectivity index (χ0) is 15.1. The molecule has 0 radical (unpaired) electrons. The van der Waals surface area contributed by atoms with Crippen LogP contribution >= 0.6 is 11.6 Å². The van der Waals surface area contributed by atoms with Crippen LogP contribution in [-0.4, -0.2) is 12.5 Å². The first-order valence-electron chi connectivity index (χ1n) is 6.91. The molecule has 0 heterocycles. The topological polar surface area (TPSA) is 38.3 Å². The normalized spacial score (nSPS) is 11.7. The lowest BCUT2D eigenvalue weighted by Gasteiger charge is -2.17. The molecule has 0 spiro atoms. The molecule has 4 heteroatoms. The molecule has 0 bridgehead atoms. The van der Waals surface area contributed by atoms with Crippen molar-refractivity contribution in [2.24, 2.45) is 0 Å². The van der Waals surface area contributed by atoms with Gasteiger partial charge in [0, 0.05) is 5.02 Å². The van der Waals surface area contributed by atoms with E-state index in [1.54, 1.807) is 24.3 Å². The van der Waals surface area contributed by atoms with Gasteiger partial charge in [-0.1, -0.05) is 48.9 Å². The SMILES string of the molecule is CC[C@H](NC(=O)COc1ccc(Cl)cc1)c1ccccc1. The third-order valence-electron chi connectivity index (χ3n) is 3.13. The summed E-state index contributed by atoms with van der Waals surface area (Å²) in [6.07, 6.45) is 0.830. The minimum absolute atomic E-state index is 0.00696. The fraction of sp³-hybridized carbons (Fsp3) is 0.235. The first-order chi connectivity index (χ1) is 10.2. The van der Waals surface area contributed by atoms with Gasteiger partial charge in [-0.25, -0.2) is 0 Å². The summed E-state index contributed by atoms with van der Waals surface area (Å²) in [4.78, 5) is 12.0.